The monoisotopic (exact) mass is 771 g/mol. The van der Waals surface area contributed by atoms with Crippen molar-refractivity contribution >= 4 is 53.1 Å². The molecule has 1 unspecified atom stereocenters. The largest absolute Gasteiger partial charge is 0.352 e. The van der Waals surface area contributed by atoms with Gasteiger partial charge in [0.15, 0.2) is 0 Å². The zero-order chi connectivity index (χ0) is 39.9. The van der Waals surface area contributed by atoms with Gasteiger partial charge in [0, 0.05) is 12.5 Å². The number of thioether (sulfide) groups is 1. The topological polar surface area (TPSA) is 195 Å². The maximum atomic E-state index is 14.7. The quantitative estimate of drug-likeness (QED) is 0.196. The number of benzene rings is 1. The van der Waals surface area contributed by atoms with Crippen molar-refractivity contribution in [2.24, 2.45) is 11.8 Å². The molecule has 0 radical (unpaired) electrons. The Hall–Kier alpha value is -4.14. The molecule has 14 nitrogen and oxygen atoms in total. The number of hydrogen-bond donors (Lipinski definition) is 6. The molecule has 0 spiro atoms. The Balaban J connectivity index is 2.11. The predicted molar refractivity (Wildman–Crippen MR) is 209 cm³/mol. The summed E-state index contributed by atoms with van der Waals surface area (Å²) in [5, 5.41) is 16.7. The third kappa shape index (κ3) is 13.3. The molecule has 2 aliphatic rings. The van der Waals surface area contributed by atoms with Gasteiger partial charge in [0.2, 0.25) is 41.4 Å². The fourth-order valence-electron chi connectivity index (χ4n) is 6.85. The van der Waals surface area contributed by atoms with Crippen LogP contribution in [0.2, 0.25) is 0 Å². The first-order valence-electron chi connectivity index (χ1n) is 19.3. The summed E-state index contributed by atoms with van der Waals surface area (Å²) in [5.74, 6) is -4.18. The van der Waals surface area contributed by atoms with E-state index in [1.807, 2.05) is 26.2 Å². The maximum absolute atomic E-state index is 14.7. The second kappa shape index (κ2) is 21.7. The van der Waals surface area contributed by atoms with Gasteiger partial charge in [-0.1, -0.05) is 77.3 Å². The Morgan fingerprint density at radius 2 is 1.44 bits per heavy atom. The van der Waals surface area contributed by atoms with Crippen molar-refractivity contribution in [1.82, 2.24) is 36.8 Å². The minimum atomic E-state index is -1.27. The standard InChI is InChI=1S/C39H61N7O7S/c1-23(2)20-30-36(50)43-29(18-19-54-7)39(53)46(25(5)34(48)41-28-16-12-9-13-17-28)26(6)35(49)44-31(21-27-14-10-8-11-15-27)37(51)45-33(24(3)4)38(52)40-22-32(47)42-30/h8,10-11,14-15,23-26,28-31,33H,9,12-13,16-22H2,1-7H3,(H,40,52)(H,41,48)(H,42,47)(H,43,50)(H,44,49)(H,45,51)/t25?,26-,29-,30-,31-,33-/m0/s1. The SMILES string of the molecule is CSCC[C@@H]1NC(=O)[C@H](CC(C)C)NC(=O)CNC(=O)[C@H](C(C)C)NC(=O)[C@H](Cc2ccccc2)NC(=O)[C@H](C)N(C(C)C(=O)NC2CCCCC2)C1=O. The van der Waals surface area contributed by atoms with Crippen LogP contribution in [-0.2, 0) is 40.0 Å². The molecule has 1 aromatic rings. The number of nitrogens with one attached hydrogen (secondary N) is 6. The van der Waals surface area contributed by atoms with Gasteiger partial charge in [-0.2, -0.15) is 11.8 Å². The maximum Gasteiger partial charge on any atom is 0.246 e. The van der Waals surface area contributed by atoms with Gasteiger partial charge in [-0.05, 0) is 68.9 Å². The van der Waals surface area contributed by atoms with E-state index in [1.165, 1.54) is 23.6 Å². The van der Waals surface area contributed by atoms with E-state index in [9.17, 15) is 33.6 Å². The van der Waals surface area contributed by atoms with Crippen LogP contribution in [0, 0.1) is 11.8 Å². The van der Waals surface area contributed by atoms with Crippen molar-refractivity contribution in [3.63, 3.8) is 0 Å². The van der Waals surface area contributed by atoms with Gasteiger partial charge in [-0.25, -0.2) is 0 Å². The summed E-state index contributed by atoms with van der Waals surface area (Å²) in [4.78, 5) is 98.4. The molecule has 1 saturated carbocycles. The lowest BCUT2D eigenvalue weighted by Gasteiger charge is -2.37. The average molecular weight is 772 g/mol. The van der Waals surface area contributed by atoms with Gasteiger partial charge in [0.05, 0.1) is 6.54 Å². The van der Waals surface area contributed by atoms with Crippen LogP contribution >= 0.6 is 11.8 Å². The smallest absolute Gasteiger partial charge is 0.246 e. The molecule has 1 heterocycles. The first-order valence-corrected chi connectivity index (χ1v) is 20.7. The molecule has 3 rings (SSSR count). The Morgan fingerprint density at radius 3 is 2.06 bits per heavy atom. The summed E-state index contributed by atoms with van der Waals surface area (Å²) in [6.45, 7) is 9.84. The number of carbonyl (C=O) groups is 7. The lowest BCUT2D eigenvalue weighted by Crippen LogP contribution is -2.64. The molecule has 6 N–H and O–H groups in total. The van der Waals surface area contributed by atoms with Crippen molar-refractivity contribution in [2.45, 2.75) is 135 Å². The summed E-state index contributed by atoms with van der Waals surface area (Å²) in [6, 6.07) is 2.15. The fraction of sp³-hybridized carbons (Fsp3) is 0.667. The molecular weight excluding hydrogens is 711 g/mol. The Bertz CT molecular complexity index is 1450. The molecule has 6 atom stereocenters. The highest BCUT2D eigenvalue weighted by atomic mass is 32.2. The van der Waals surface area contributed by atoms with Crippen molar-refractivity contribution in [3.05, 3.63) is 35.9 Å². The van der Waals surface area contributed by atoms with E-state index in [4.69, 9.17) is 0 Å². The van der Waals surface area contributed by atoms with Gasteiger partial charge in [-0.3, -0.25) is 33.6 Å². The Kier molecular flexibility index (Phi) is 17.8. The zero-order valence-corrected chi connectivity index (χ0v) is 33.7. The van der Waals surface area contributed by atoms with E-state index in [1.54, 1.807) is 45.0 Å². The number of carbonyl (C=O) groups excluding carboxylic acids is 7. The molecule has 300 valence electrons. The highest BCUT2D eigenvalue weighted by molar-refractivity contribution is 7.98. The van der Waals surface area contributed by atoms with Crippen LogP contribution in [0.5, 0.6) is 0 Å². The van der Waals surface area contributed by atoms with Crippen LogP contribution in [0.15, 0.2) is 30.3 Å². The molecule has 1 aliphatic carbocycles. The van der Waals surface area contributed by atoms with Crippen LogP contribution in [0.25, 0.3) is 0 Å². The predicted octanol–water partition coefficient (Wildman–Crippen LogP) is 1.81. The van der Waals surface area contributed by atoms with E-state index in [-0.39, 0.29) is 31.2 Å². The second-order valence-corrected chi connectivity index (χ2v) is 16.2. The minimum Gasteiger partial charge on any atom is -0.352 e. The first kappa shape index (κ1) is 44.3. The lowest BCUT2D eigenvalue weighted by atomic mass is 9.95. The molecule has 0 bridgehead atoms. The van der Waals surface area contributed by atoms with Crippen molar-refractivity contribution in [3.8, 4) is 0 Å². The Morgan fingerprint density at radius 1 is 0.815 bits per heavy atom. The van der Waals surface area contributed by atoms with Crippen molar-refractivity contribution < 1.29 is 33.6 Å². The minimum absolute atomic E-state index is 0.0260. The third-order valence-electron chi connectivity index (χ3n) is 9.97. The molecule has 7 amide bonds. The van der Waals surface area contributed by atoms with Crippen molar-refractivity contribution in [1.29, 1.82) is 0 Å². The lowest BCUT2D eigenvalue weighted by molar-refractivity contribution is -0.149. The van der Waals surface area contributed by atoms with Gasteiger partial charge < -0.3 is 36.8 Å². The first-order chi connectivity index (χ1) is 25.6. The van der Waals surface area contributed by atoms with E-state index >= 15 is 0 Å². The number of hydrogen-bond acceptors (Lipinski definition) is 8. The summed E-state index contributed by atoms with van der Waals surface area (Å²) in [7, 11) is 0. The van der Waals surface area contributed by atoms with Crippen LogP contribution in [0.4, 0.5) is 0 Å². The molecule has 0 aromatic heterocycles. The third-order valence-corrected chi connectivity index (χ3v) is 10.6. The summed E-state index contributed by atoms with van der Waals surface area (Å²) < 4.78 is 0. The van der Waals surface area contributed by atoms with E-state index in [2.05, 4.69) is 31.9 Å². The summed E-state index contributed by atoms with van der Waals surface area (Å²) >= 11 is 1.46. The van der Waals surface area contributed by atoms with Crippen LogP contribution in [0.1, 0.15) is 92.1 Å². The zero-order valence-electron chi connectivity index (χ0n) is 32.9. The second-order valence-electron chi connectivity index (χ2n) is 15.2. The highest BCUT2D eigenvalue weighted by Gasteiger charge is 2.40. The normalized spacial score (nSPS) is 25.1. The van der Waals surface area contributed by atoms with E-state index in [0.717, 1.165) is 37.7 Å². The highest BCUT2D eigenvalue weighted by Crippen LogP contribution is 2.20. The molecule has 1 saturated heterocycles. The van der Waals surface area contributed by atoms with Gasteiger partial charge in [0.25, 0.3) is 0 Å². The van der Waals surface area contributed by atoms with E-state index in [0.29, 0.717) is 5.75 Å². The van der Waals surface area contributed by atoms with Gasteiger partial charge >= 0.3 is 0 Å². The molecule has 54 heavy (non-hydrogen) atoms. The van der Waals surface area contributed by atoms with Crippen LogP contribution in [-0.4, -0.2) is 107 Å². The molecule has 1 aromatic carbocycles. The van der Waals surface area contributed by atoms with Crippen LogP contribution in [0.3, 0.4) is 0 Å². The van der Waals surface area contributed by atoms with Crippen LogP contribution < -0.4 is 31.9 Å². The molecular formula is C39H61N7O7S. The Labute approximate surface area is 324 Å². The molecule has 1 aliphatic heterocycles. The number of nitrogens with zero attached hydrogens (tertiary/aromatic N) is 1. The summed E-state index contributed by atoms with van der Waals surface area (Å²) in [6.07, 6.45) is 7.00. The molecule has 15 heteroatoms. The molecule has 2 fully saturated rings. The number of rotatable bonds is 11. The average Bonchev–Trinajstić information content (AvgIpc) is 3.13. The van der Waals surface area contributed by atoms with Gasteiger partial charge in [-0.15, -0.1) is 0 Å². The fourth-order valence-corrected chi connectivity index (χ4v) is 7.32. The summed E-state index contributed by atoms with van der Waals surface area (Å²) in [5.41, 5.74) is 0.735. The van der Waals surface area contributed by atoms with E-state index < -0.39 is 90.1 Å². The van der Waals surface area contributed by atoms with Crippen molar-refractivity contribution in [2.75, 3.05) is 18.6 Å². The van der Waals surface area contributed by atoms with Gasteiger partial charge in [0.1, 0.15) is 36.3 Å². The number of amides is 7.